The fourth-order valence-electron chi connectivity index (χ4n) is 4.80. The van der Waals surface area contributed by atoms with Crippen molar-refractivity contribution >= 4 is 62.8 Å². The van der Waals surface area contributed by atoms with Crippen molar-refractivity contribution in [3.05, 3.63) is 78.5 Å². The number of methoxy groups -OCH3 is 1. The standard InChI is InChI=1S/C30H32ClN7O2/c1-5-28(39)34-24-15-25(27(40-4)16-26(24)38-13-12-22(18-38)37(2)3)35-30-32-17-23(31)29(36-30)33-21-11-10-19-8-6-7-9-20(19)14-21/h5-11,14-17,22H,1,12-13,18H2,2-4H3,(H,34,39)(H2,32,33,35,36). The first-order valence-electron chi connectivity index (χ1n) is 13.0. The van der Waals surface area contributed by atoms with Crippen molar-refractivity contribution in [1.29, 1.82) is 0 Å². The van der Waals surface area contributed by atoms with Gasteiger partial charge in [-0.1, -0.05) is 48.5 Å². The number of aromatic nitrogens is 2. The van der Waals surface area contributed by atoms with Crippen LogP contribution in [0, 0.1) is 0 Å². The second-order valence-electron chi connectivity index (χ2n) is 9.82. The highest BCUT2D eigenvalue weighted by atomic mass is 35.5. The zero-order valence-corrected chi connectivity index (χ0v) is 23.5. The molecule has 10 heteroatoms. The van der Waals surface area contributed by atoms with Crippen molar-refractivity contribution in [2.24, 2.45) is 0 Å². The van der Waals surface area contributed by atoms with Crippen LogP contribution in [0.15, 0.2) is 73.4 Å². The third kappa shape index (κ3) is 5.95. The minimum atomic E-state index is -0.301. The van der Waals surface area contributed by atoms with Crippen molar-refractivity contribution in [2.45, 2.75) is 12.5 Å². The summed E-state index contributed by atoms with van der Waals surface area (Å²) >= 11 is 6.45. The molecule has 1 saturated heterocycles. The minimum Gasteiger partial charge on any atom is -0.494 e. The topological polar surface area (TPSA) is 94.6 Å². The van der Waals surface area contributed by atoms with E-state index in [9.17, 15) is 4.79 Å². The van der Waals surface area contributed by atoms with Crippen LogP contribution in [0.3, 0.4) is 0 Å². The number of anilines is 6. The lowest BCUT2D eigenvalue weighted by Crippen LogP contribution is -2.31. The fourth-order valence-corrected chi connectivity index (χ4v) is 4.94. The molecule has 4 aromatic rings. The monoisotopic (exact) mass is 557 g/mol. The summed E-state index contributed by atoms with van der Waals surface area (Å²) in [6.07, 6.45) is 3.81. The van der Waals surface area contributed by atoms with Crippen LogP contribution in [-0.4, -0.2) is 61.1 Å². The van der Waals surface area contributed by atoms with Crippen LogP contribution >= 0.6 is 11.6 Å². The van der Waals surface area contributed by atoms with Crippen LogP contribution in [0.1, 0.15) is 6.42 Å². The fraction of sp³-hybridized carbons (Fsp3) is 0.233. The van der Waals surface area contributed by atoms with Crippen LogP contribution in [0.2, 0.25) is 5.02 Å². The molecule has 0 radical (unpaired) electrons. The number of rotatable bonds is 9. The number of nitrogens with one attached hydrogen (secondary N) is 3. The predicted molar refractivity (Wildman–Crippen MR) is 164 cm³/mol. The Balaban J connectivity index is 1.44. The van der Waals surface area contributed by atoms with E-state index < -0.39 is 0 Å². The second kappa shape index (κ2) is 11.8. The third-order valence-corrected chi connectivity index (χ3v) is 7.27. The molecule has 1 fully saturated rings. The first-order chi connectivity index (χ1) is 19.3. The summed E-state index contributed by atoms with van der Waals surface area (Å²) in [5.41, 5.74) is 2.95. The van der Waals surface area contributed by atoms with Gasteiger partial charge in [-0.15, -0.1) is 0 Å². The number of halogens is 1. The number of ether oxygens (including phenoxy) is 1. The molecule has 1 aliphatic heterocycles. The van der Waals surface area contributed by atoms with E-state index in [2.05, 4.69) is 68.5 Å². The van der Waals surface area contributed by atoms with Gasteiger partial charge >= 0.3 is 0 Å². The number of carbonyl (C=O) groups excluding carboxylic acids is 1. The van der Waals surface area contributed by atoms with E-state index in [4.69, 9.17) is 16.3 Å². The van der Waals surface area contributed by atoms with E-state index in [1.165, 1.54) is 12.3 Å². The van der Waals surface area contributed by atoms with Crippen LogP contribution in [0.5, 0.6) is 5.75 Å². The highest BCUT2D eigenvalue weighted by Crippen LogP contribution is 2.40. The Morgan fingerprint density at radius 2 is 1.93 bits per heavy atom. The van der Waals surface area contributed by atoms with E-state index >= 15 is 0 Å². The summed E-state index contributed by atoms with van der Waals surface area (Å²) in [6.45, 7) is 5.30. The molecule has 40 heavy (non-hydrogen) atoms. The van der Waals surface area contributed by atoms with Gasteiger partial charge < -0.3 is 30.5 Å². The van der Waals surface area contributed by atoms with E-state index in [1.54, 1.807) is 7.11 Å². The Morgan fingerprint density at radius 3 is 2.65 bits per heavy atom. The average Bonchev–Trinajstić information content (AvgIpc) is 3.45. The average molecular weight is 558 g/mol. The van der Waals surface area contributed by atoms with Gasteiger partial charge in [-0.05, 0) is 55.6 Å². The van der Waals surface area contributed by atoms with Crippen LogP contribution < -0.4 is 25.6 Å². The molecule has 1 aliphatic rings. The second-order valence-corrected chi connectivity index (χ2v) is 10.2. The molecule has 0 aliphatic carbocycles. The summed E-state index contributed by atoms with van der Waals surface area (Å²) in [4.78, 5) is 25.8. The maximum atomic E-state index is 12.3. The molecular formula is C30H32ClN7O2. The van der Waals surface area contributed by atoms with E-state index in [-0.39, 0.29) is 5.91 Å². The molecule has 1 amide bonds. The van der Waals surface area contributed by atoms with Crippen molar-refractivity contribution < 1.29 is 9.53 Å². The minimum absolute atomic E-state index is 0.301. The number of hydrogen-bond acceptors (Lipinski definition) is 8. The summed E-state index contributed by atoms with van der Waals surface area (Å²) in [5.74, 6) is 1.05. The quantitative estimate of drug-likeness (QED) is 0.214. The molecule has 5 rings (SSSR count). The van der Waals surface area contributed by atoms with Gasteiger partial charge in [0.1, 0.15) is 10.8 Å². The molecule has 1 unspecified atom stereocenters. The van der Waals surface area contributed by atoms with Crippen LogP contribution in [0.4, 0.5) is 34.5 Å². The number of hydrogen-bond donors (Lipinski definition) is 3. The van der Waals surface area contributed by atoms with Crippen LogP contribution in [-0.2, 0) is 4.79 Å². The van der Waals surface area contributed by atoms with E-state index in [1.807, 2.05) is 42.5 Å². The Labute approximate surface area is 238 Å². The van der Waals surface area contributed by atoms with Crippen molar-refractivity contribution in [3.63, 3.8) is 0 Å². The first-order valence-corrected chi connectivity index (χ1v) is 13.3. The summed E-state index contributed by atoms with van der Waals surface area (Å²) < 4.78 is 5.74. The number of amides is 1. The summed E-state index contributed by atoms with van der Waals surface area (Å²) in [6, 6.07) is 18.3. The molecule has 2 heterocycles. The van der Waals surface area contributed by atoms with Crippen molar-refractivity contribution in [3.8, 4) is 5.75 Å². The highest BCUT2D eigenvalue weighted by molar-refractivity contribution is 6.33. The number of benzene rings is 3. The van der Waals surface area contributed by atoms with Gasteiger partial charge in [0.25, 0.3) is 0 Å². The summed E-state index contributed by atoms with van der Waals surface area (Å²) in [7, 11) is 5.77. The molecule has 1 atom stereocenters. The largest absolute Gasteiger partial charge is 0.494 e. The molecule has 0 bridgehead atoms. The Hall–Kier alpha value is -4.34. The van der Waals surface area contributed by atoms with Crippen molar-refractivity contribution in [1.82, 2.24) is 14.9 Å². The molecule has 9 nitrogen and oxygen atoms in total. The van der Waals surface area contributed by atoms with Crippen molar-refractivity contribution in [2.75, 3.05) is 55.1 Å². The highest BCUT2D eigenvalue weighted by Gasteiger charge is 2.27. The van der Waals surface area contributed by atoms with Gasteiger partial charge in [-0.3, -0.25) is 4.79 Å². The zero-order chi connectivity index (χ0) is 28.2. The van der Waals surface area contributed by atoms with Gasteiger partial charge in [0.05, 0.1) is 30.4 Å². The molecule has 3 aromatic carbocycles. The Bertz CT molecular complexity index is 1560. The number of fused-ring (bicyclic) bond motifs is 1. The molecule has 206 valence electrons. The molecule has 0 spiro atoms. The van der Waals surface area contributed by atoms with Gasteiger partial charge in [-0.25, -0.2) is 4.98 Å². The third-order valence-electron chi connectivity index (χ3n) is 7.00. The normalized spacial score (nSPS) is 14.8. The number of carbonyl (C=O) groups is 1. The maximum Gasteiger partial charge on any atom is 0.247 e. The maximum absolute atomic E-state index is 12.3. The van der Waals surface area contributed by atoms with Crippen LogP contribution in [0.25, 0.3) is 10.8 Å². The summed E-state index contributed by atoms with van der Waals surface area (Å²) in [5, 5.41) is 12.1. The van der Waals surface area contributed by atoms with E-state index in [0.717, 1.165) is 41.7 Å². The predicted octanol–water partition coefficient (Wildman–Crippen LogP) is 6.04. The SMILES string of the molecule is C=CC(=O)Nc1cc(Nc2ncc(Cl)c(Nc3ccc4ccccc4c3)n2)c(OC)cc1N1CCC(N(C)C)C1. The number of nitrogens with zero attached hydrogens (tertiary/aromatic N) is 4. The molecular weight excluding hydrogens is 526 g/mol. The molecule has 3 N–H and O–H groups in total. The molecule has 0 saturated carbocycles. The zero-order valence-electron chi connectivity index (χ0n) is 22.7. The van der Waals surface area contributed by atoms with Gasteiger partial charge in [-0.2, -0.15) is 4.98 Å². The van der Waals surface area contributed by atoms with Gasteiger partial charge in [0.15, 0.2) is 5.82 Å². The Kier molecular flexibility index (Phi) is 8.04. The smallest absolute Gasteiger partial charge is 0.247 e. The van der Waals surface area contributed by atoms with Gasteiger partial charge in [0.2, 0.25) is 11.9 Å². The lowest BCUT2D eigenvalue weighted by atomic mass is 10.1. The lowest BCUT2D eigenvalue weighted by molar-refractivity contribution is -0.111. The molecule has 1 aromatic heterocycles. The Morgan fingerprint density at radius 1 is 1.12 bits per heavy atom. The van der Waals surface area contributed by atoms with E-state index in [0.29, 0.717) is 40.0 Å². The number of likely N-dealkylation sites (N-methyl/N-ethyl adjacent to an activating group) is 1. The first kappa shape index (κ1) is 27.2. The lowest BCUT2D eigenvalue weighted by Gasteiger charge is -2.25. The van der Waals surface area contributed by atoms with Gasteiger partial charge in [0, 0.05) is 30.9 Å².